The SMILES string of the molecule is O=C(Nc1ccc(N2CCOCC2=O)cc1F)C1C=CCN1C(=O)Nc1ccc(Cl)cc1. The second kappa shape index (κ2) is 9.37. The molecule has 10 heteroatoms. The van der Waals surface area contributed by atoms with E-state index in [1.165, 1.54) is 21.9 Å². The Bertz CT molecular complexity index is 1080. The van der Waals surface area contributed by atoms with Crippen LogP contribution in [0.25, 0.3) is 0 Å². The number of amides is 4. The standard InChI is InChI=1S/C22H20ClFN4O4/c23-14-3-5-15(6-4-14)25-22(31)28-9-1-2-19(28)21(30)26-18-8-7-16(12-17(18)24)27-10-11-32-13-20(27)29/h1-8,12,19H,9-11,13H2,(H,25,31)(H,26,30). The number of carbonyl (C=O) groups is 3. The number of urea groups is 1. The van der Waals surface area contributed by atoms with Crippen molar-refractivity contribution < 1.29 is 23.5 Å². The van der Waals surface area contributed by atoms with Gasteiger partial charge in [0.2, 0.25) is 0 Å². The van der Waals surface area contributed by atoms with Gasteiger partial charge in [-0.2, -0.15) is 0 Å². The van der Waals surface area contributed by atoms with Crippen molar-refractivity contribution in [3.05, 3.63) is 65.5 Å². The lowest BCUT2D eigenvalue weighted by atomic mass is 10.2. The van der Waals surface area contributed by atoms with Crippen molar-refractivity contribution in [3.8, 4) is 0 Å². The van der Waals surface area contributed by atoms with Crippen molar-refractivity contribution in [1.29, 1.82) is 0 Å². The maximum absolute atomic E-state index is 14.6. The summed E-state index contributed by atoms with van der Waals surface area (Å²) in [5.41, 5.74) is 0.876. The number of ether oxygens (including phenoxy) is 1. The Kier molecular flexibility index (Phi) is 6.38. The fourth-order valence-electron chi connectivity index (χ4n) is 3.46. The summed E-state index contributed by atoms with van der Waals surface area (Å²) in [5, 5.41) is 5.76. The number of nitrogens with one attached hydrogen (secondary N) is 2. The lowest BCUT2D eigenvalue weighted by Gasteiger charge is -2.27. The van der Waals surface area contributed by atoms with Crippen LogP contribution in [0.3, 0.4) is 0 Å². The van der Waals surface area contributed by atoms with Crippen molar-refractivity contribution in [1.82, 2.24) is 4.90 Å². The van der Waals surface area contributed by atoms with Gasteiger partial charge in [0, 0.05) is 29.5 Å². The Hall–Kier alpha value is -3.43. The number of hydrogen-bond acceptors (Lipinski definition) is 4. The summed E-state index contributed by atoms with van der Waals surface area (Å²) in [6, 6.07) is 9.33. The first-order valence-electron chi connectivity index (χ1n) is 9.91. The van der Waals surface area contributed by atoms with Gasteiger partial charge in [-0.25, -0.2) is 9.18 Å². The van der Waals surface area contributed by atoms with E-state index >= 15 is 0 Å². The van der Waals surface area contributed by atoms with Crippen molar-refractivity contribution in [3.63, 3.8) is 0 Å². The van der Waals surface area contributed by atoms with Crippen LogP contribution >= 0.6 is 11.6 Å². The fourth-order valence-corrected chi connectivity index (χ4v) is 3.58. The molecule has 2 aromatic carbocycles. The van der Waals surface area contributed by atoms with E-state index in [2.05, 4.69) is 10.6 Å². The van der Waals surface area contributed by atoms with Gasteiger partial charge in [0.15, 0.2) is 0 Å². The van der Waals surface area contributed by atoms with Crippen LogP contribution in [-0.4, -0.2) is 55.1 Å². The van der Waals surface area contributed by atoms with E-state index < -0.39 is 23.8 Å². The zero-order valence-corrected chi connectivity index (χ0v) is 17.6. The van der Waals surface area contributed by atoms with Crippen LogP contribution in [-0.2, 0) is 14.3 Å². The predicted octanol–water partition coefficient (Wildman–Crippen LogP) is 3.25. The minimum absolute atomic E-state index is 0.0437. The molecule has 2 aromatic rings. The average Bonchev–Trinajstić information content (AvgIpc) is 3.27. The maximum atomic E-state index is 14.6. The molecule has 2 heterocycles. The molecule has 0 spiro atoms. The quantitative estimate of drug-likeness (QED) is 0.688. The molecular formula is C22H20ClFN4O4. The number of anilines is 3. The highest BCUT2D eigenvalue weighted by atomic mass is 35.5. The first-order valence-corrected chi connectivity index (χ1v) is 10.3. The molecule has 2 aliphatic rings. The van der Waals surface area contributed by atoms with Crippen LogP contribution in [0.15, 0.2) is 54.6 Å². The first-order chi connectivity index (χ1) is 15.4. The topological polar surface area (TPSA) is 91.0 Å². The molecule has 4 amide bonds. The van der Waals surface area contributed by atoms with Gasteiger partial charge in [-0.3, -0.25) is 9.59 Å². The number of rotatable bonds is 4. The Morgan fingerprint density at radius 1 is 1.12 bits per heavy atom. The van der Waals surface area contributed by atoms with E-state index in [9.17, 15) is 18.8 Å². The molecule has 1 saturated heterocycles. The van der Waals surface area contributed by atoms with Crippen molar-refractivity contribution >= 4 is 46.5 Å². The highest BCUT2D eigenvalue weighted by molar-refractivity contribution is 6.30. The predicted molar refractivity (Wildman–Crippen MR) is 118 cm³/mol. The van der Waals surface area contributed by atoms with E-state index in [0.717, 1.165) is 0 Å². The van der Waals surface area contributed by atoms with Gasteiger partial charge < -0.3 is 25.2 Å². The smallest absolute Gasteiger partial charge is 0.323 e. The molecular weight excluding hydrogens is 439 g/mol. The summed E-state index contributed by atoms with van der Waals surface area (Å²) in [6.45, 7) is 0.877. The zero-order chi connectivity index (χ0) is 22.7. The minimum atomic E-state index is -0.901. The Labute approximate surface area is 188 Å². The molecule has 1 fully saturated rings. The monoisotopic (exact) mass is 458 g/mol. The third-order valence-electron chi connectivity index (χ3n) is 5.09. The lowest BCUT2D eigenvalue weighted by molar-refractivity contribution is -0.125. The second-order valence-electron chi connectivity index (χ2n) is 7.21. The number of morpholine rings is 1. The second-order valence-corrected chi connectivity index (χ2v) is 7.65. The fraction of sp³-hybridized carbons (Fsp3) is 0.227. The molecule has 1 atom stereocenters. The number of nitrogens with zero attached hydrogens (tertiary/aromatic N) is 2. The van der Waals surface area contributed by atoms with E-state index in [-0.39, 0.29) is 24.7 Å². The molecule has 32 heavy (non-hydrogen) atoms. The van der Waals surface area contributed by atoms with Gasteiger partial charge in [-0.05, 0) is 42.5 Å². The van der Waals surface area contributed by atoms with Crippen LogP contribution in [0.4, 0.5) is 26.2 Å². The van der Waals surface area contributed by atoms with Crippen LogP contribution in [0, 0.1) is 5.82 Å². The minimum Gasteiger partial charge on any atom is -0.370 e. The third kappa shape index (κ3) is 4.74. The van der Waals surface area contributed by atoms with Gasteiger partial charge >= 0.3 is 6.03 Å². The molecule has 2 N–H and O–H groups in total. The van der Waals surface area contributed by atoms with Gasteiger partial charge in [-0.1, -0.05) is 23.8 Å². The van der Waals surface area contributed by atoms with E-state index in [4.69, 9.17) is 16.3 Å². The third-order valence-corrected chi connectivity index (χ3v) is 5.34. The molecule has 2 aliphatic heterocycles. The zero-order valence-electron chi connectivity index (χ0n) is 16.9. The van der Waals surface area contributed by atoms with Gasteiger partial charge in [-0.15, -0.1) is 0 Å². The Morgan fingerprint density at radius 3 is 2.62 bits per heavy atom. The Morgan fingerprint density at radius 2 is 1.91 bits per heavy atom. The molecule has 0 radical (unpaired) electrons. The molecule has 0 aliphatic carbocycles. The number of carbonyl (C=O) groups excluding carboxylic acids is 3. The summed E-state index contributed by atoms with van der Waals surface area (Å²) in [5.74, 6) is -1.50. The van der Waals surface area contributed by atoms with Gasteiger partial charge in [0.25, 0.3) is 11.8 Å². The maximum Gasteiger partial charge on any atom is 0.323 e. The van der Waals surface area contributed by atoms with Crippen LogP contribution in [0.2, 0.25) is 5.02 Å². The molecule has 4 rings (SSSR count). The lowest BCUT2D eigenvalue weighted by Crippen LogP contribution is -2.45. The number of hydrogen-bond donors (Lipinski definition) is 2. The van der Waals surface area contributed by atoms with Crippen molar-refractivity contribution in [2.75, 3.05) is 41.8 Å². The van der Waals surface area contributed by atoms with Gasteiger partial charge in [0.1, 0.15) is 18.5 Å². The molecule has 0 bridgehead atoms. The van der Waals surface area contributed by atoms with Gasteiger partial charge in [0.05, 0.1) is 12.3 Å². The molecule has 1 unspecified atom stereocenters. The van der Waals surface area contributed by atoms with Crippen LogP contribution in [0.5, 0.6) is 0 Å². The van der Waals surface area contributed by atoms with Crippen molar-refractivity contribution in [2.45, 2.75) is 6.04 Å². The molecule has 0 aromatic heterocycles. The largest absolute Gasteiger partial charge is 0.370 e. The summed E-state index contributed by atoms with van der Waals surface area (Å²) >= 11 is 5.85. The van der Waals surface area contributed by atoms with E-state index in [1.54, 1.807) is 42.5 Å². The van der Waals surface area contributed by atoms with E-state index in [0.29, 0.717) is 29.5 Å². The van der Waals surface area contributed by atoms with E-state index in [1.807, 2.05) is 0 Å². The number of benzene rings is 2. The molecule has 166 valence electrons. The van der Waals surface area contributed by atoms with Crippen LogP contribution < -0.4 is 15.5 Å². The summed E-state index contributed by atoms with van der Waals surface area (Å²) in [7, 11) is 0. The van der Waals surface area contributed by atoms with Crippen LogP contribution in [0.1, 0.15) is 0 Å². The first kappa shape index (κ1) is 21.8. The average molecular weight is 459 g/mol. The molecule has 0 saturated carbocycles. The number of halogens is 2. The Balaban J connectivity index is 1.42. The summed E-state index contributed by atoms with van der Waals surface area (Å²) < 4.78 is 19.7. The molecule has 8 nitrogen and oxygen atoms in total. The summed E-state index contributed by atoms with van der Waals surface area (Å²) in [4.78, 5) is 40.1. The highest BCUT2D eigenvalue weighted by Crippen LogP contribution is 2.24. The normalized spacial score (nSPS) is 18.1. The van der Waals surface area contributed by atoms with Crippen molar-refractivity contribution in [2.24, 2.45) is 0 Å². The summed E-state index contributed by atoms with van der Waals surface area (Å²) in [6.07, 6.45) is 3.27. The highest BCUT2D eigenvalue weighted by Gasteiger charge is 2.31.